The average molecular weight is 377 g/mol. The van der Waals surface area contributed by atoms with Crippen LogP contribution >= 0.6 is 0 Å². The van der Waals surface area contributed by atoms with Gasteiger partial charge in [0.2, 0.25) is 0 Å². The van der Waals surface area contributed by atoms with Gasteiger partial charge in [0, 0.05) is 31.9 Å². The van der Waals surface area contributed by atoms with Crippen molar-refractivity contribution in [3.63, 3.8) is 0 Å². The highest BCUT2D eigenvalue weighted by atomic mass is 16.3. The van der Waals surface area contributed by atoms with Gasteiger partial charge < -0.3 is 15.3 Å². The molecule has 1 fully saturated rings. The van der Waals surface area contributed by atoms with E-state index in [-0.39, 0.29) is 18.1 Å². The van der Waals surface area contributed by atoms with E-state index in [0.29, 0.717) is 6.54 Å². The molecule has 3 rings (SSSR count). The number of nitrogens with one attached hydrogen (secondary N) is 1. The Bertz CT molecular complexity index is 908. The molecule has 5 heteroatoms. The Morgan fingerprint density at radius 2 is 1.93 bits per heavy atom. The largest absolute Gasteiger partial charge is 0.396 e. The van der Waals surface area contributed by atoms with E-state index in [1.54, 1.807) is 6.08 Å². The number of hydrogen-bond donors (Lipinski definition) is 2. The highest BCUT2D eigenvalue weighted by Gasteiger charge is 2.12. The van der Waals surface area contributed by atoms with E-state index in [9.17, 15) is 10.1 Å². The monoisotopic (exact) mass is 377 g/mol. The molecule has 2 aromatic carbocycles. The smallest absolute Gasteiger partial charge is 0.261 e. The number of carbonyl (C=O) groups excluding carboxylic acids is 1. The summed E-state index contributed by atoms with van der Waals surface area (Å²) in [6.45, 7) is 4.39. The summed E-state index contributed by atoms with van der Waals surface area (Å²) >= 11 is 0. The van der Waals surface area contributed by atoms with Crippen molar-refractivity contribution in [3.05, 3.63) is 47.5 Å². The normalized spacial score (nSPS) is 15.9. The third-order valence-electron chi connectivity index (χ3n) is 5.17. The summed E-state index contributed by atoms with van der Waals surface area (Å²) in [5, 5.41) is 23.3. The van der Waals surface area contributed by atoms with Crippen LogP contribution in [0.15, 0.2) is 42.0 Å². The second kappa shape index (κ2) is 9.38. The number of rotatable bonds is 6. The zero-order chi connectivity index (χ0) is 19.9. The summed E-state index contributed by atoms with van der Waals surface area (Å²) in [4.78, 5) is 14.6. The maximum atomic E-state index is 12.2. The minimum absolute atomic E-state index is 0.00400. The topological polar surface area (TPSA) is 76.4 Å². The van der Waals surface area contributed by atoms with Crippen molar-refractivity contribution in [2.75, 3.05) is 31.1 Å². The molecular formula is C23H27N3O2. The molecule has 1 aliphatic rings. The van der Waals surface area contributed by atoms with Gasteiger partial charge >= 0.3 is 0 Å². The van der Waals surface area contributed by atoms with Crippen LogP contribution in [0.1, 0.15) is 31.7 Å². The molecule has 28 heavy (non-hydrogen) atoms. The number of carbonyl (C=O) groups is 1. The Labute approximate surface area is 166 Å². The first-order valence-electron chi connectivity index (χ1n) is 9.90. The summed E-state index contributed by atoms with van der Waals surface area (Å²) in [5.74, 6) is -0.456. The average Bonchev–Trinajstić information content (AvgIpc) is 2.75. The second-order valence-corrected chi connectivity index (χ2v) is 7.51. The number of hydrogen-bond acceptors (Lipinski definition) is 4. The number of fused-ring (bicyclic) bond motifs is 1. The van der Waals surface area contributed by atoms with Crippen LogP contribution in [0.3, 0.4) is 0 Å². The van der Waals surface area contributed by atoms with Crippen molar-refractivity contribution in [1.29, 1.82) is 5.26 Å². The molecule has 2 N–H and O–H groups in total. The fourth-order valence-corrected chi connectivity index (χ4v) is 3.43. The van der Waals surface area contributed by atoms with E-state index in [4.69, 9.17) is 5.11 Å². The van der Waals surface area contributed by atoms with Gasteiger partial charge in [0.1, 0.15) is 11.6 Å². The SMILES string of the molecule is CC(CO)CNC(=O)/C(C#N)=C/c1ccc2cc(N3CCCCC3)ccc2c1. The molecule has 0 bridgehead atoms. The maximum absolute atomic E-state index is 12.2. The molecule has 0 aromatic heterocycles. The minimum atomic E-state index is -0.414. The first-order valence-corrected chi connectivity index (χ1v) is 9.90. The van der Waals surface area contributed by atoms with E-state index in [2.05, 4.69) is 28.4 Å². The Morgan fingerprint density at radius 1 is 1.21 bits per heavy atom. The quantitative estimate of drug-likeness (QED) is 0.597. The number of nitrogens with zero attached hydrogens (tertiary/aromatic N) is 2. The molecule has 0 radical (unpaired) electrons. The van der Waals surface area contributed by atoms with Gasteiger partial charge in [0.05, 0.1) is 0 Å². The van der Waals surface area contributed by atoms with Crippen LogP contribution in [0.2, 0.25) is 0 Å². The first-order chi connectivity index (χ1) is 13.6. The number of amides is 1. The van der Waals surface area contributed by atoms with Crippen molar-refractivity contribution in [1.82, 2.24) is 5.32 Å². The van der Waals surface area contributed by atoms with Crippen LogP contribution in [-0.4, -0.2) is 37.3 Å². The molecule has 1 atom stereocenters. The molecular weight excluding hydrogens is 350 g/mol. The van der Waals surface area contributed by atoms with Crippen LogP contribution in [-0.2, 0) is 4.79 Å². The predicted molar refractivity (Wildman–Crippen MR) is 113 cm³/mol. The van der Waals surface area contributed by atoms with Crippen LogP contribution in [0.25, 0.3) is 16.8 Å². The zero-order valence-corrected chi connectivity index (χ0v) is 16.3. The van der Waals surface area contributed by atoms with Crippen LogP contribution in [0, 0.1) is 17.2 Å². The molecule has 5 nitrogen and oxygen atoms in total. The van der Waals surface area contributed by atoms with E-state index >= 15 is 0 Å². The van der Waals surface area contributed by atoms with Gasteiger partial charge in [-0.15, -0.1) is 0 Å². The molecule has 1 aliphatic heterocycles. The summed E-state index contributed by atoms with van der Waals surface area (Å²) in [6.07, 6.45) is 5.42. The zero-order valence-electron chi connectivity index (χ0n) is 16.3. The molecule has 0 aliphatic carbocycles. The fourth-order valence-electron chi connectivity index (χ4n) is 3.43. The van der Waals surface area contributed by atoms with E-state index in [1.807, 2.05) is 31.2 Å². The number of anilines is 1. The predicted octanol–water partition coefficient (Wildman–Crippen LogP) is 3.48. The Balaban J connectivity index is 1.78. The highest BCUT2D eigenvalue weighted by Crippen LogP contribution is 2.26. The van der Waals surface area contributed by atoms with Crippen LogP contribution < -0.4 is 10.2 Å². The lowest BCUT2D eigenvalue weighted by Crippen LogP contribution is -2.30. The summed E-state index contributed by atoms with van der Waals surface area (Å²) in [7, 11) is 0. The number of aliphatic hydroxyl groups is 1. The van der Waals surface area contributed by atoms with Crippen molar-refractivity contribution < 1.29 is 9.90 Å². The van der Waals surface area contributed by atoms with Crippen molar-refractivity contribution in [3.8, 4) is 6.07 Å². The second-order valence-electron chi connectivity index (χ2n) is 7.51. The first kappa shape index (κ1) is 19.9. The lowest BCUT2D eigenvalue weighted by Gasteiger charge is -2.29. The standard InChI is InChI=1S/C23H27N3O2/c1-17(16-27)15-25-23(28)21(14-24)12-18-5-6-20-13-22(8-7-19(20)11-18)26-9-3-2-4-10-26/h5-8,11-13,17,27H,2-4,9-10,15-16H2,1H3,(H,25,28)/b21-12+. The molecule has 1 saturated heterocycles. The number of nitriles is 1. The molecule has 2 aromatic rings. The molecule has 1 heterocycles. The van der Waals surface area contributed by atoms with E-state index < -0.39 is 5.91 Å². The summed E-state index contributed by atoms with van der Waals surface area (Å²) in [5.41, 5.74) is 2.14. The molecule has 1 amide bonds. The van der Waals surface area contributed by atoms with Gasteiger partial charge in [-0.05, 0) is 65.8 Å². The Morgan fingerprint density at radius 3 is 2.64 bits per heavy atom. The number of piperidine rings is 1. The number of benzene rings is 2. The van der Waals surface area contributed by atoms with Crippen molar-refractivity contribution >= 4 is 28.4 Å². The molecule has 146 valence electrons. The van der Waals surface area contributed by atoms with Crippen molar-refractivity contribution in [2.45, 2.75) is 26.2 Å². The van der Waals surface area contributed by atoms with Crippen LogP contribution in [0.5, 0.6) is 0 Å². The lowest BCUT2D eigenvalue weighted by molar-refractivity contribution is -0.117. The summed E-state index contributed by atoms with van der Waals surface area (Å²) < 4.78 is 0. The number of aliphatic hydroxyl groups excluding tert-OH is 1. The van der Waals surface area contributed by atoms with E-state index in [0.717, 1.165) is 29.4 Å². The maximum Gasteiger partial charge on any atom is 0.261 e. The minimum Gasteiger partial charge on any atom is -0.396 e. The molecule has 0 spiro atoms. The van der Waals surface area contributed by atoms with Gasteiger partial charge in [0.25, 0.3) is 5.91 Å². The Kier molecular flexibility index (Phi) is 6.67. The third kappa shape index (κ3) is 4.90. The summed E-state index contributed by atoms with van der Waals surface area (Å²) in [6, 6.07) is 14.4. The van der Waals surface area contributed by atoms with E-state index in [1.165, 1.54) is 24.9 Å². The molecule has 1 unspecified atom stereocenters. The third-order valence-corrected chi connectivity index (χ3v) is 5.17. The molecule has 0 saturated carbocycles. The van der Waals surface area contributed by atoms with Gasteiger partial charge in [-0.3, -0.25) is 4.79 Å². The highest BCUT2D eigenvalue weighted by molar-refractivity contribution is 6.02. The van der Waals surface area contributed by atoms with Crippen molar-refractivity contribution in [2.24, 2.45) is 5.92 Å². The van der Waals surface area contributed by atoms with Crippen LogP contribution in [0.4, 0.5) is 5.69 Å². The lowest BCUT2D eigenvalue weighted by atomic mass is 10.0. The van der Waals surface area contributed by atoms with Gasteiger partial charge in [0.15, 0.2) is 0 Å². The van der Waals surface area contributed by atoms with Gasteiger partial charge in [-0.1, -0.05) is 25.1 Å². The Hall–Kier alpha value is -2.84. The van der Waals surface area contributed by atoms with Gasteiger partial charge in [-0.2, -0.15) is 5.26 Å². The fraction of sp³-hybridized carbons (Fsp3) is 0.391. The van der Waals surface area contributed by atoms with Gasteiger partial charge in [-0.25, -0.2) is 0 Å².